The molecular weight excluding hydrogens is 249 g/mol. The highest BCUT2D eigenvalue weighted by Crippen LogP contribution is 2.23. The molecule has 1 N–H and O–H groups in total. The molecule has 0 spiro atoms. The van der Waals surface area contributed by atoms with Crippen LogP contribution in [0, 0.1) is 5.82 Å². The summed E-state index contributed by atoms with van der Waals surface area (Å²) in [7, 11) is 0. The first-order valence-corrected chi connectivity index (χ1v) is 6.40. The van der Waals surface area contributed by atoms with Crippen LogP contribution in [0.3, 0.4) is 0 Å². The molecule has 6 heteroatoms. The number of anilines is 1. The Morgan fingerprint density at radius 3 is 2.79 bits per heavy atom. The molecule has 0 bridgehead atoms. The number of hydrogen-bond donors (Lipinski definition) is 1. The van der Waals surface area contributed by atoms with E-state index >= 15 is 0 Å². The van der Waals surface area contributed by atoms with Crippen LogP contribution >= 0.6 is 0 Å². The zero-order valence-electron chi connectivity index (χ0n) is 10.5. The summed E-state index contributed by atoms with van der Waals surface area (Å²) in [5, 5.41) is 8.90. The lowest BCUT2D eigenvalue weighted by Crippen LogP contribution is -2.47. The zero-order valence-corrected chi connectivity index (χ0v) is 10.5. The molecule has 0 unspecified atom stereocenters. The minimum Gasteiger partial charge on any atom is -0.423 e. The highest BCUT2D eigenvalue weighted by Gasteiger charge is 2.20. The van der Waals surface area contributed by atoms with Gasteiger partial charge >= 0.3 is 0 Å². The minimum absolute atomic E-state index is 0.183. The molecule has 1 aromatic heterocycles. The molecular formula is C13H16FN3O2. The first kappa shape index (κ1) is 12.4. The maximum atomic E-state index is 13.1. The smallest absolute Gasteiger partial charge is 0.298 e. The van der Waals surface area contributed by atoms with Crippen molar-refractivity contribution in [3.05, 3.63) is 24.0 Å². The van der Waals surface area contributed by atoms with Gasteiger partial charge in [0.15, 0.2) is 5.58 Å². The summed E-state index contributed by atoms with van der Waals surface area (Å²) in [5.41, 5.74) is 1.15. The van der Waals surface area contributed by atoms with Crippen molar-refractivity contribution in [2.75, 3.05) is 44.2 Å². The van der Waals surface area contributed by atoms with Crippen molar-refractivity contribution in [2.45, 2.75) is 0 Å². The number of hydrogen-bond acceptors (Lipinski definition) is 5. The van der Waals surface area contributed by atoms with Gasteiger partial charge in [0.2, 0.25) is 0 Å². The van der Waals surface area contributed by atoms with E-state index in [4.69, 9.17) is 9.52 Å². The van der Waals surface area contributed by atoms with Gasteiger partial charge in [0.05, 0.1) is 6.61 Å². The molecule has 102 valence electrons. The zero-order chi connectivity index (χ0) is 13.2. The molecule has 1 aliphatic heterocycles. The topological polar surface area (TPSA) is 52.7 Å². The number of benzene rings is 1. The third-order valence-corrected chi connectivity index (χ3v) is 3.40. The lowest BCUT2D eigenvalue weighted by Gasteiger charge is -2.33. The predicted molar refractivity (Wildman–Crippen MR) is 69.7 cm³/mol. The number of piperazine rings is 1. The van der Waals surface area contributed by atoms with E-state index in [2.05, 4.69) is 9.88 Å². The number of nitrogens with zero attached hydrogens (tertiary/aromatic N) is 3. The summed E-state index contributed by atoms with van der Waals surface area (Å²) in [6.45, 7) is 4.22. The molecule has 1 saturated heterocycles. The molecule has 2 heterocycles. The van der Waals surface area contributed by atoms with Crippen LogP contribution in [0.5, 0.6) is 0 Å². The van der Waals surface area contributed by atoms with Crippen LogP contribution in [0.2, 0.25) is 0 Å². The van der Waals surface area contributed by atoms with Gasteiger partial charge < -0.3 is 14.4 Å². The summed E-state index contributed by atoms with van der Waals surface area (Å²) < 4.78 is 18.7. The van der Waals surface area contributed by atoms with Crippen molar-refractivity contribution in [3.8, 4) is 0 Å². The first-order chi connectivity index (χ1) is 9.26. The highest BCUT2D eigenvalue weighted by molar-refractivity contribution is 5.74. The highest BCUT2D eigenvalue weighted by atomic mass is 19.1. The second kappa shape index (κ2) is 5.14. The van der Waals surface area contributed by atoms with Crippen molar-refractivity contribution >= 4 is 17.1 Å². The number of aliphatic hydroxyl groups excluding tert-OH is 1. The summed E-state index contributed by atoms with van der Waals surface area (Å²) >= 11 is 0. The van der Waals surface area contributed by atoms with Crippen molar-refractivity contribution in [1.29, 1.82) is 0 Å². The van der Waals surface area contributed by atoms with Gasteiger partial charge in [0, 0.05) is 38.8 Å². The lowest BCUT2D eigenvalue weighted by molar-refractivity contribution is 0.187. The van der Waals surface area contributed by atoms with Gasteiger partial charge in [0.1, 0.15) is 11.3 Å². The fourth-order valence-corrected chi connectivity index (χ4v) is 2.33. The summed E-state index contributed by atoms with van der Waals surface area (Å²) in [4.78, 5) is 8.61. The van der Waals surface area contributed by atoms with E-state index in [-0.39, 0.29) is 12.4 Å². The molecule has 0 atom stereocenters. The Kier molecular flexibility index (Phi) is 3.35. The molecule has 2 aromatic rings. The van der Waals surface area contributed by atoms with Crippen molar-refractivity contribution in [2.24, 2.45) is 0 Å². The van der Waals surface area contributed by atoms with Crippen LogP contribution in [-0.4, -0.2) is 54.3 Å². The maximum absolute atomic E-state index is 13.1. The summed E-state index contributed by atoms with van der Waals surface area (Å²) in [6.07, 6.45) is 0. The SMILES string of the molecule is OCCN1CCN(c2nc3ccc(F)cc3o2)CC1. The quantitative estimate of drug-likeness (QED) is 0.900. The Bertz CT molecular complexity index is 564. The van der Waals surface area contributed by atoms with Gasteiger partial charge in [-0.2, -0.15) is 4.98 Å². The molecule has 0 amide bonds. The molecule has 0 aliphatic carbocycles. The van der Waals surface area contributed by atoms with Gasteiger partial charge in [-0.3, -0.25) is 4.90 Å². The monoisotopic (exact) mass is 265 g/mol. The van der Waals surface area contributed by atoms with Crippen molar-refractivity contribution < 1.29 is 13.9 Å². The number of aliphatic hydroxyl groups is 1. The molecule has 1 aliphatic rings. The van der Waals surface area contributed by atoms with Crippen LogP contribution in [-0.2, 0) is 0 Å². The van der Waals surface area contributed by atoms with E-state index in [1.807, 2.05) is 4.90 Å². The molecule has 1 aromatic carbocycles. The third kappa shape index (κ3) is 2.54. The second-order valence-electron chi connectivity index (χ2n) is 4.66. The van der Waals surface area contributed by atoms with E-state index in [0.29, 0.717) is 23.7 Å². The molecule has 5 nitrogen and oxygen atoms in total. The van der Waals surface area contributed by atoms with Crippen LogP contribution in [0.4, 0.5) is 10.4 Å². The van der Waals surface area contributed by atoms with Gasteiger partial charge in [0.25, 0.3) is 6.01 Å². The van der Waals surface area contributed by atoms with Gasteiger partial charge in [-0.1, -0.05) is 0 Å². The van der Waals surface area contributed by atoms with E-state index < -0.39 is 0 Å². The number of β-amino-alcohol motifs (C(OH)–C–C–N with tert-alkyl or cyclic N) is 1. The number of fused-ring (bicyclic) bond motifs is 1. The Hall–Kier alpha value is -1.66. The summed E-state index contributed by atoms with van der Waals surface area (Å²) in [6, 6.07) is 4.91. The van der Waals surface area contributed by atoms with Gasteiger partial charge in [-0.05, 0) is 12.1 Å². The molecule has 3 rings (SSSR count). The Morgan fingerprint density at radius 2 is 2.05 bits per heavy atom. The number of halogens is 1. The lowest BCUT2D eigenvalue weighted by atomic mass is 10.3. The van der Waals surface area contributed by atoms with Crippen molar-refractivity contribution in [1.82, 2.24) is 9.88 Å². The van der Waals surface area contributed by atoms with E-state index in [1.165, 1.54) is 12.1 Å². The number of oxazole rings is 1. The van der Waals surface area contributed by atoms with E-state index in [1.54, 1.807) is 6.07 Å². The number of rotatable bonds is 3. The Balaban J connectivity index is 1.74. The van der Waals surface area contributed by atoms with E-state index in [9.17, 15) is 4.39 Å². The average molecular weight is 265 g/mol. The molecule has 0 saturated carbocycles. The largest absolute Gasteiger partial charge is 0.423 e. The Labute approximate surface area is 110 Å². The fraction of sp³-hybridized carbons (Fsp3) is 0.462. The van der Waals surface area contributed by atoms with E-state index in [0.717, 1.165) is 26.2 Å². The predicted octanol–water partition coefficient (Wildman–Crippen LogP) is 1.08. The molecule has 0 radical (unpaired) electrons. The van der Waals surface area contributed by atoms with Crippen molar-refractivity contribution in [3.63, 3.8) is 0 Å². The molecule has 19 heavy (non-hydrogen) atoms. The first-order valence-electron chi connectivity index (χ1n) is 6.40. The average Bonchev–Trinajstić information content (AvgIpc) is 2.83. The van der Waals surface area contributed by atoms with Crippen LogP contribution in [0.15, 0.2) is 22.6 Å². The minimum atomic E-state index is -0.317. The van der Waals surface area contributed by atoms with Crippen LogP contribution in [0.25, 0.3) is 11.1 Å². The third-order valence-electron chi connectivity index (χ3n) is 3.40. The Morgan fingerprint density at radius 1 is 1.26 bits per heavy atom. The molecule has 1 fully saturated rings. The normalized spacial score (nSPS) is 17.3. The standard InChI is InChI=1S/C13H16FN3O2/c14-10-1-2-11-12(9-10)19-13(15-11)17-5-3-16(4-6-17)7-8-18/h1-2,9,18H,3-8H2. The fourth-order valence-electron chi connectivity index (χ4n) is 2.33. The van der Waals surface area contributed by atoms with Gasteiger partial charge in [-0.25, -0.2) is 4.39 Å². The second-order valence-corrected chi connectivity index (χ2v) is 4.66. The summed E-state index contributed by atoms with van der Waals surface area (Å²) in [5.74, 6) is -0.317. The maximum Gasteiger partial charge on any atom is 0.298 e. The van der Waals surface area contributed by atoms with Crippen LogP contribution < -0.4 is 4.90 Å². The van der Waals surface area contributed by atoms with Crippen LogP contribution in [0.1, 0.15) is 0 Å². The van der Waals surface area contributed by atoms with Gasteiger partial charge in [-0.15, -0.1) is 0 Å². The number of aromatic nitrogens is 1.